The monoisotopic (exact) mass is 752 g/mol. The summed E-state index contributed by atoms with van der Waals surface area (Å²) in [5.41, 5.74) is 0. The fraction of sp³-hybridized carbons (Fsp3) is 0.170. The minimum Gasteiger partial charge on any atom is -0.360 e. The van der Waals surface area contributed by atoms with Gasteiger partial charge in [0.25, 0.3) is 0 Å². The molecule has 6 aromatic carbocycles. The lowest BCUT2D eigenvalue weighted by Gasteiger charge is -2.27. The molecule has 0 aliphatic carbocycles. The molecule has 0 saturated carbocycles. The van der Waals surface area contributed by atoms with E-state index in [2.05, 4.69) is 146 Å². The van der Waals surface area contributed by atoms with E-state index in [4.69, 9.17) is 9.47 Å². The van der Waals surface area contributed by atoms with Crippen molar-refractivity contribution in [2.24, 2.45) is 0 Å². The van der Waals surface area contributed by atoms with Gasteiger partial charge < -0.3 is 9.47 Å². The van der Waals surface area contributed by atoms with Gasteiger partial charge in [-0.15, -0.1) is 0 Å². The number of rotatable bonds is 16. The van der Waals surface area contributed by atoms with Crippen LogP contribution in [0.5, 0.6) is 0 Å². The lowest BCUT2D eigenvalue weighted by Crippen LogP contribution is -2.33. The smallest absolute Gasteiger partial charge is 0.360 e. The van der Waals surface area contributed by atoms with Crippen LogP contribution < -0.4 is 31.8 Å². The normalized spacial score (nSPS) is 11.4. The standard InChI is InChI=1S/C47H46O5P2/c48-45(35-19-21-37-53(39-23-7-1-8-24-39,40-25-9-2-10-26-40)41-27-11-3-12-28-41)51-47(50)52-46(49)36-20-22-38-54(42-29-13-4-14-30-42,43-31-15-5-16-32-43)44-33-17-6-18-34-44/h1-18,23-34H,19-22,35-38H2/q+2. The Morgan fingerprint density at radius 2 is 0.556 bits per heavy atom. The average Bonchev–Trinajstić information content (AvgIpc) is 3.23. The molecule has 0 bridgehead atoms. The minimum absolute atomic E-state index is 0.0475. The maximum Gasteiger partial charge on any atom is 0.524 e. The third kappa shape index (κ3) is 9.29. The van der Waals surface area contributed by atoms with Gasteiger partial charge in [-0.3, -0.25) is 9.59 Å². The van der Waals surface area contributed by atoms with E-state index in [-0.39, 0.29) is 12.8 Å². The van der Waals surface area contributed by atoms with E-state index in [9.17, 15) is 14.4 Å². The van der Waals surface area contributed by atoms with Gasteiger partial charge in [0.1, 0.15) is 46.4 Å². The summed E-state index contributed by atoms with van der Waals surface area (Å²) in [5, 5.41) is 7.67. The fourth-order valence-corrected chi connectivity index (χ4v) is 16.1. The Balaban J connectivity index is 1.02. The molecule has 0 aliphatic rings. The first-order valence-corrected chi connectivity index (χ1v) is 22.5. The van der Waals surface area contributed by atoms with Gasteiger partial charge in [-0.1, -0.05) is 109 Å². The van der Waals surface area contributed by atoms with Crippen molar-refractivity contribution in [2.75, 3.05) is 12.3 Å². The second-order valence-corrected chi connectivity index (χ2v) is 20.4. The number of carbonyl (C=O) groups is 3. The summed E-state index contributed by atoms with van der Waals surface area (Å²) < 4.78 is 9.87. The summed E-state index contributed by atoms with van der Waals surface area (Å²) in [5.74, 6) is -1.39. The molecule has 0 fully saturated rings. The molecule has 0 amide bonds. The Labute approximate surface area is 320 Å². The predicted molar refractivity (Wildman–Crippen MR) is 225 cm³/mol. The van der Waals surface area contributed by atoms with Gasteiger partial charge >= 0.3 is 18.1 Å². The predicted octanol–water partition coefficient (Wildman–Crippen LogP) is 8.52. The third-order valence-corrected chi connectivity index (χ3v) is 18.9. The zero-order valence-electron chi connectivity index (χ0n) is 30.4. The maximum absolute atomic E-state index is 12.7. The van der Waals surface area contributed by atoms with E-state index < -0.39 is 32.6 Å². The first-order chi connectivity index (χ1) is 26.5. The topological polar surface area (TPSA) is 69.7 Å². The second kappa shape index (κ2) is 19.2. The van der Waals surface area contributed by atoms with Gasteiger partial charge in [0.2, 0.25) is 0 Å². The Bertz CT molecular complexity index is 1720. The van der Waals surface area contributed by atoms with Crippen molar-refractivity contribution in [3.63, 3.8) is 0 Å². The molecule has 0 N–H and O–H groups in total. The number of hydrogen-bond donors (Lipinski definition) is 0. The van der Waals surface area contributed by atoms with Gasteiger partial charge in [0.15, 0.2) is 0 Å². The molecule has 0 saturated heterocycles. The molecule has 0 aromatic heterocycles. The second-order valence-electron chi connectivity index (χ2n) is 13.2. The highest BCUT2D eigenvalue weighted by Gasteiger charge is 2.45. The lowest BCUT2D eigenvalue weighted by atomic mass is 10.2. The van der Waals surface area contributed by atoms with Gasteiger partial charge in [0, 0.05) is 12.8 Å². The highest BCUT2D eigenvalue weighted by atomic mass is 31.2. The molecule has 0 spiro atoms. The summed E-state index contributed by atoms with van der Waals surface area (Å²) in [6, 6.07) is 63.5. The van der Waals surface area contributed by atoms with E-state index in [1.54, 1.807) is 0 Å². The molecule has 272 valence electrons. The fourth-order valence-electron chi connectivity index (χ4n) is 7.31. The molecule has 0 aliphatic heterocycles. The number of carbonyl (C=O) groups excluding carboxylic acids is 3. The molecule has 54 heavy (non-hydrogen) atoms. The van der Waals surface area contributed by atoms with Crippen molar-refractivity contribution in [1.82, 2.24) is 0 Å². The summed E-state index contributed by atoms with van der Waals surface area (Å²) in [6.45, 7) is 0. The molecule has 7 heteroatoms. The Kier molecular flexibility index (Phi) is 13.7. The van der Waals surface area contributed by atoms with Crippen molar-refractivity contribution < 1.29 is 23.9 Å². The van der Waals surface area contributed by atoms with Crippen molar-refractivity contribution >= 4 is 64.4 Å². The van der Waals surface area contributed by atoms with E-state index in [0.29, 0.717) is 12.8 Å². The van der Waals surface area contributed by atoms with E-state index in [1.807, 2.05) is 36.4 Å². The first-order valence-electron chi connectivity index (χ1n) is 18.6. The number of unbranched alkanes of at least 4 members (excludes halogenated alkanes) is 2. The lowest BCUT2D eigenvalue weighted by molar-refractivity contribution is -0.146. The number of hydrogen-bond acceptors (Lipinski definition) is 5. The van der Waals surface area contributed by atoms with Gasteiger partial charge in [-0.05, 0) is 98.5 Å². The summed E-state index contributed by atoms with van der Waals surface area (Å²) in [4.78, 5) is 37.9. The molecular weight excluding hydrogens is 706 g/mol. The van der Waals surface area contributed by atoms with E-state index in [1.165, 1.54) is 31.8 Å². The number of ether oxygens (including phenoxy) is 2. The molecule has 6 rings (SSSR count). The molecular formula is C47H46O5P2+2. The van der Waals surface area contributed by atoms with Gasteiger partial charge in [-0.2, -0.15) is 0 Å². The zero-order chi connectivity index (χ0) is 37.5. The molecule has 0 heterocycles. The van der Waals surface area contributed by atoms with Crippen LogP contribution in [0, 0.1) is 0 Å². The van der Waals surface area contributed by atoms with Crippen LogP contribution in [0.4, 0.5) is 4.79 Å². The van der Waals surface area contributed by atoms with Gasteiger partial charge in [0.05, 0.1) is 12.3 Å². The highest BCUT2D eigenvalue weighted by Crippen LogP contribution is 2.57. The largest absolute Gasteiger partial charge is 0.524 e. The molecule has 0 atom stereocenters. The third-order valence-electron chi connectivity index (χ3n) is 9.82. The van der Waals surface area contributed by atoms with Crippen LogP contribution in [-0.4, -0.2) is 30.4 Å². The van der Waals surface area contributed by atoms with Crippen molar-refractivity contribution in [3.8, 4) is 0 Å². The number of esters is 2. The van der Waals surface area contributed by atoms with Crippen molar-refractivity contribution in [1.29, 1.82) is 0 Å². The first kappa shape index (κ1) is 38.5. The highest BCUT2D eigenvalue weighted by molar-refractivity contribution is 7.96. The molecule has 5 nitrogen and oxygen atoms in total. The SMILES string of the molecule is O=C(CCCC[P+](c1ccccc1)(c1ccccc1)c1ccccc1)OC(=O)OC(=O)CCCC[P+](c1ccccc1)(c1ccccc1)c1ccccc1. The Morgan fingerprint density at radius 1 is 0.333 bits per heavy atom. The average molecular weight is 753 g/mol. The van der Waals surface area contributed by atoms with Crippen LogP contribution >= 0.6 is 14.5 Å². The van der Waals surface area contributed by atoms with Crippen molar-refractivity contribution in [3.05, 3.63) is 182 Å². The van der Waals surface area contributed by atoms with E-state index >= 15 is 0 Å². The molecule has 6 aromatic rings. The van der Waals surface area contributed by atoms with Gasteiger partial charge in [-0.25, -0.2) is 4.79 Å². The van der Waals surface area contributed by atoms with Crippen LogP contribution in [-0.2, 0) is 19.1 Å². The molecule has 0 radical (unpaired) electrons. The zero-order valence-corrected chi connectivity index (χ0v) is 32.2. The number of benzene rings is 6. The maximum atomic E-state index is 12.7. The Hall–Kier alpha value is -5.21. The minimum atomic E-state index is -2.02. The summed E-state index contributed by atoms with van der Waals surface area (Å²) in [6.07, 6.45) is 3.09. The van der Waals surface area contributed by atoms with Crippen LogP contribution in [0.1, 0.15) is 38.5 Å². The van der Waals surface area contributed by atoms with E-state index in [0.717, 1.165) is 25.2 Å². The van der Waals surface area contributed by atoms with Crippen LogP contribution in [0.25, 0.3) is 0 Å². The summed E-state index contributed by atoms with van der Waals surface area (Å²) in [7, 11) is -4.05. The quantitative estimate of drug-likeness (QED) is 0.0430. The Morgan fingerprint density at radius 3 is 0.778 bits per heavy atom. The van der Waals surface area contributed by atoms with Crippen LogP contribution in [0.2, 0.25) is 0 Å². The van der Waals surface area contributed by atoms with Crippen LogP contribution in [0.15, 0.2) is 182 Å². The van der Waals surface area contributed by atoms with Crippen LogP contribution in [0.3, 0.4) is 0 Å². The van der Waals surface area contributed by atoms with Crippen molar-refractivity contribution in [2.45, 2.75) is 38.5 Å². The summed E-state index contributed by atoms with van der Waals surface area (Å²) >= 11 is 0. The molecule has 0 unspecified atom stereocenters.